The Balaban J connectivity index is 2.26. The Morgan fingerprint density at radius 3 is 2.84 bits per heavy atom. The fraction of sp³-hybridized carbons (Fsp3) is 0.286. The summed E-state index contributed by atoms with van der Waals surface area (Å²) in [6, 6.07) is 7.28. The zero-order chi connectivity index (χ0) is 13.8. The minimum absolute atomic E-state index is 0.338. The number of methoxy groups -OCH3 is 1. The van der Waals surface area contributed by atoms with Crippen LogP contribution in [-0.4, -0.2) is 22.9 Å². The minimum atomic E-state index is -0.555. The summed E-state index contributed by atoms with van der Waals surface area (Å²) in [6.07, 6.45) is 3.45. The van der Waals surface area contributed by atoms with Crippen LogP contribution in [0.3, 0.4) is 0 Å². The Kier molecular flexibility index (Phi) is 3.85. The molecule has 1 aromatic carbocycles. The first-order valence-corrected chi connectivity index (χ1v) is 5.99. The van der Waals surface area contributed by atoms with Crippen LogP contribution in [0, 0.1) is 6.92 Å². The number of aromatic nitrogens is 2. The molecule has 1 unspecified atom stereocenters. The van der Waals surface area contributed by atoms with E-state index >= 15 is 0 Å². The molecule has 1 heterocycles. The first kappa shape index (κ1) is 13.1. The largest absolute Gasteiger partial charge is 0.467 e. The maximum atomic E-state index is 11.9. The van der Waals surface area contributed by atoms with Gasteiger partial charge in [0.05, 0.1) is 13.3 Å². The van der Waals surface area contributed by atoms with Gasteiger partial charge in [-0.15, -0.1) is 0 Å². The highest BCUT2D eigenvalue weighted by molar-refractivity contribution is 5.80. The SMILES string of the molecule is COC(=O)C(Nc1cccc(C)c1)c1cnn(C)c1. The van der Waals surface area contributed by atoms with Crippen LogP contribution in [0.15, 0.2) is 36.7 Å². The molecule has 0 bridgehead atoms. The van der Waals surface area contributed by atoms with Crippen LogP contribution in [0.2, 0.25) is 0 Å². The number of carbonyl (C=O) groups excluding carboxylic acids is 1. The Morgan fingerprint density at radius 1 is 1.47 bits per heavy atom. The Morgan fingerprint density at radius 2 is 2.26 bits per heavy atom. The summed E-state index contributed by atoms with van der Waals surface area (Å²) >= 11 is 0. The van der Waals surface area contributed by atoms with Crippen molar-refractivity contribution in [1.82, 2.24) is 9.78 Å². The molecule has 1 atom stereocenters. The van der Waals surface area contributed by atoms with Crippen molar-refractivity contribution >= 4 is 11.7 Å². The van der Waals surface area contributed by atoms with Crippen molar-refractivity contribution < 1.29 is 9.53 Å². The van der Waals surface area contributed by atoms with E-state index in [0.29, 0.717) is 0 Å². The lowest BCUT2D eigenvalue weighted by Gasteiger charge is -2.16. The molecule has 0 fully saturated rings. The maximum Gasteiger partial charge on any atom is 0.333 e. The normalized spacial score (nSPS) is 11.9. The summed E-state index contributed by atoms with van der Waals surface area (Å²) in [7, 11) is 3.19. The molecule has 0 spiro atoms. The number of esters is 1. The summed E-state index contributed by atoms with van der Waals surface area (Å²) in [5.74, 6) is -0.338. The molecule has 0 saturated heterocycles. The van der Waals surface area contributed by atoms with Crippen LogP contribution in [0.5, 0.6) is 0 Å². The fourth-order valence-corrected chi connectivity index (χ4v) is 1.89. The topological polar surface area (TPSA) is 56.1 Å². The number of carbonyl (C=O) groups is 1. The standard InChI is InChI=1S/C14H17N3O2/c1-10-5-4-6-12(7-10)16-13(14(18)19-3)11-8-15-17(2)9-11/h4-9,13,16H,1-3H3. The van der Waals surface area contributed by atoms with Crippen molar-refractivity contribution in [2.24, 2.45) is 7.05 Å². The maximum absolute atomic E-state index is 11.9. The van der Waals surface area contributed by atoms with Gasteiger partial charge in [-0.05, 0) is 24.6 Å². The molecule has 0 amide bonds. The van der Waals surface area contributed by atoms with Crippen molar-refractivity contribution in [2.75, 3.05) is 12.4 Å². The second-order valence-electron chi connectivity index (χ2n) is 4.42. The van der Waals surface area contributed by atoms with E-state index in [2.05, 4.69) is 10.4 Å². The minimum Gasteiger partial charge on any atom is -0.467 e. The van der Waals surface area contributed by atoms with E-state index in [0.717, 1.165) is 16.8 Å². The number of anilines is 1. The van der Waals surface area contributed by atoms with Gasteiger partial charge in [0.25, 0.3) is 0 Å². The molecule has 1 aromatic heterocycles. The molecule has 19 heavy (non-hydrogen) atoms. The van der Waals surface area contributed by atoms with E-state index in [1.165, 1.54) is 7.11 Å². The van der Waals surface area contributed by atoms with Gasteiger partial charge >= 0.3 is 5.97 Å². The third-order valence-electron chi connectivity index (χ3n) is 2.82. The Bertz CT molecular complexity index is 578. The van der Waals surface area contributed by atoms with E-state index < -0.39 is 6.04 Å². The summed E-state index contributed by atoms with van der Waals surface area (Å²) in [5, 5.41) is 7.25. The lowest BCUT2D eigenvalue weighted by atomic mass is 10.1. The highest BCUT2D eigenvalue weighted by Gasteiger charge is 2.22. The van der Waals surface area contributed by atoms with Crippen LogP contribution < -0.4 is 5.32 Å². The van der Waals surface area contributed by atoms with Crippen LogP contribution in [0.25, 0.3) is 0 Å². The summed E-state index contributed by atoms with van der Waals surface area (Å²) in [4.78, 5) is 11.9. The van der Waals surface area contributed by atoms with Crippen LogP contribution in [0.4, 0.5) is 5.69 Å². The lowest BCUT2D eigenvalue weighted by Crippen LogP contribution is -2.22. The summed E-state index contributed by atoms with van der Waals surface area (Å²) < 4.78 is 6.50. The fourth-order valence-electron chi connectivity index (χ4n) is 1.89. The monoisotopic (exact) mass is 259 g/mol. The number of ether oxygens (including phenoxy) is 1. The number of hydrogen-bond donors (Lipinski definition) is 1. The zero-order valence-electron chi connectivity index (χ0n) is 11.3. The molecule has 5 heteroatoms. The van der Waals surface area contributed by atoms with Crippen molar-refractivity contribution in [1.29, 1.82) is 0 Å². The van der Waals surface area contributed by atoms with Crippen molar-refractivity contribution in [3.8, 4) is 0 Å². The van der Waals surface area contributed by atoms with Gasteiger partial charge in [-0.1, -0.05) is 12.1 Å². The first-order chi connectivity index (χ1) is 9.10. The van der Waals surface area contributed by atoms with E-state index in [-0.39, 0.29) is 5.97 Å². The average molecular weight is 259 g/mol. The molecule has 0 radical (unpaired) electrons. The molecular weight excluding hydrogens is 242 g/mol. The Hall–Kier alpha value is -2.30. The van der Waals surface area contributed by atoms with Crippen molar-refractivity contribution in [3.63, 3.8) is 0 Å². The average Bonchev–Trinajstić information content (AvgIpc) is 2.81. The second-order valence-corrected chi connectivity index (χ2v) is 4.42. The zero-order valence-corrected chi connectivity index (χ0v) is 11.3. The predicted molar refractivity (Wildman–Crippen MR) is 72.8 cm³/mol. The number of rotatable bonds is 4. The van der Waals surface area contributed by atoms with Crippen molar-refractivity contribution in [3.05, 3.63) is 47.8 Å². The third kappa shape index (κ3) is 3.13. The van der Waals surface area contributed by atoms with Gasteiger partial charge in [-0.25, -0.2) is 4.79 Å². The third-order valence-corrected chi connectivity index (χ3v) is 2.82. The number of nitrogens with one attached hydrogen (secondary N) is 1. The van der Waals surface area contributed by atoms with Gasteiger partial charge in [0.2, 0.25) is 0 Å². The molecular formula is C14H17N3O2. The smallest absolute Gasteiger partial charge is 0.333 e. The highest BCUT2D eigenvalue weighted by atomic mass is 16.5. The molecule has 0 aliphatic rings. The molecule has 100 valence electrons. The van der Waals surface area contributed by atoms with Gasteiger partial charge in [0.15, 0.2) is 6.04 Å². The molecule has 2 rings (SSSR count). The molecule has 0 saturated carbocycles. The second kappa shape index (κ2) is 5.56. The molecule has 0 aliphatic heterocycles. The van der Waals surface area contributed by atoms with Gasteiger partial charge in [0.1, 0.15) is 0 Å². The lowest BCUT2D eigenvalue weighted by molar-refractivity contribution is -0.141. The number of hydrogen-bond acceptors (Lipinski definition) is 4. The summed E-state index contributed by atoms with van der Waals surface area (Å²) in [6.45, 7) is 2.00. The highest BCUT2D eigenvalue weighted by Crippen LogP contribution is 2.21. The van der Waals surface area contributed by atoms with Gasteiger partial charge in [-0.3, -0.25) is 4.68 Å². The van der Waals surface area contributed by atoms with Crippen LogP contribution in [-0.2, 0) is 16.6 Å². The molecule has 0 aliphatic carbocycles. The number of nitrogens with zero attached hydrogens (tertiary/aromatic N) is 2. The van der Waals surface area contributed by atoms with E-state index in [9.17, 15) is 4.79 Å². The molecule has 1 N–H and O–H groups in total. The van der Waals surface area contributed by atoms with E-state index in [4.69, 9.17) is 4.74 Å². The first-order valence-electron chi connectivity index (χ1n) is 5.99. The van der Waals surface area contributed by atoms with E-state index in [1.807, 2.05) is 38.2 Å². The van der Waals surface area contributed by atoms with Gasteiger partial charge in [0, 0.05) is 24.5 Å². The molecule has 5 nitrogen and oxygen atoms in total. The molecule has 2 aromatic rings. The quantitative estimate of drug-likeness (QED) is 0.854. The van der Waals surface area contributed by atoms with Gasteiger partial charge < -0.3 is 10.1 Å². The van der Waals surface area contributed by atoms with Crippen LogP contribution >= 0.6 is 0 Å². The number of aryl methyl sites for hydroxylation is 2. The Labute approximate surface area is 112 Å². The predicted octanol–water partition coefficient (Wildman–Crippen LogP) is 2.05. The van der Waals surface area contributed by atoms with E-state index in [1.54, 1.807) is 17.1 Å². The van der Waals surface area contributed by atoms with Crippen LogP contribution in [0.1, 0.15) is 17.2 Å². The summed E-state index contributed by atoms with van der Waals surface area (Å²) in [5.41, 5.74) is 2.77. The van der Waals surface area contributed by atoms with Gasteiger partial charge in [-0.2, -0.15) is 5.10 Å². The number of benzene rings is 1. The van der Waals surface area contributed by atoms with Crippen molar-refractivity contribution in [2.45, 2.75) is 13.0 Å².